The smallest absolute Gasteiger partial charge is 0.298 e. The first-order chi connectivity index (χ1) is 15.1. The number of rotatable bonds is 12. The quantitative estimate of drug-likeness (QED) is 0.284. The average molecular weight is 427 g/mol. The molecule has 0 amide bonds. The molecule has 2 aromatic carbocycles. The highest BCUT2D eigenvalue weighted by molar-refractivity contribution is 5.99. The predicted octanol–water partition coefficient (Wildman–Crippen LogP) is 5.24. The van der Waals surface area contributed by atoms with E-state index >= 15 is 0 Å². The van der Waals surface area contributed by atoms with E-state index in [1.807, 2.05) is 0 Å². The van der Waals surface area contributed by atoms with E-state index in [-0.39, 0.29) is 11.5 Å². The lowest BCUT2D eigenvalue weighted by Gasteiger charge is -2.14. The van der Waals surface area contributed by atoms with Gasteiger partial charge in [-0.3, -0.25) is 9.59 Å². The number of phenols is 1. The Morgan fingerprint density at radius 3 is 2.52 bits per heavy atom. The molecule has 0 heterocycles. The van der Waals surface area contributed by atoms with Gasteiger partial charge in [0.15, 0.2) is 5.78 Å². The summed E-state index contributed by atoms with van der Waals surface area (Å²) in [6.07, 6.45) is 6.67. The zero-order chi connectivity index (χ0) is 22.1. The van der Waals surface area contributed by atoms with Crippen molar-refractivity contribution in [3.05, 3.63) is 47.5 Å². The van der Waals surface area contributed by atoms with Gasteiger partial charge in [0, 0.05) is 18.1 Å². The Balaban J connectivity index is 1.42. The lowest BCUT2D eigenvalue weighted by molar-refractivity contribution is -0.120. The largest absolute Gasteiger partial charge is 0.507 e. The van der Waals surface area contributed by atoms with E-state index in [2.05, 4.69) is 0 Å². The molecule has 1 fully saturated rings. The van der Waals surface area contributed by atoms with Crippen LogP contribution in [0.15, 0.2) is 36.4 Å². The Hall–Kier alpha value is -3.02. The minimum Gasteiger partial charge on any atom is -0.507 e. The monoisotopic (exact) mass is 426 g/mol. The highest BCUT2D eigenvalue weighted by Gasteiger charge is 2.22. The van der Waals surface area contributed by atoms with Crippen LogP contribution in [-0.2, 0) is 4.79 Å². The number of benzene rings is 2. The van der Waals surface area contributed by atoms with Crippen LogP contribution in [0.4, 0.5) is 0 Å². The van der Waals surface area contributed by atoms with E-state index in [0.29, 0.717) is 60.4 Å². The van der Waals surface area contributed by atoms with E-state index < -0.39 is 0 Å². The van der Waals surface area contributed by atoms with Crippen molar-refractivity contribution in [1.29, 1.82) is 0 Å². The summed E-state index contributed by atoms with van der Waals surface area (Å²) in [4.78, 5) is 22.9. The molecule has 1 N–H and O–H groups in total. The van der Waals surface area contributed by atoms with Gasteiger partial charge in [0.25, 0.3) is 6.47 Å². The van der Waals surface area contributed by atoms with Gasteiger partial charge >= 0.3 is 0 Å². The van der Waals surface area contributed by atoms with Gasteiger partial charge in [0.05, 0.1) is 18.8 Å². The molecule has 0 spiro atoms. The zero-order valence-electron chi connectivity index (χ0n) is 18.0. The van der Waals surface area contributed by atoms with Crippen molar-refractivity contribution in [3.8, 4) is 23.0 Å². The van der Waals surface area contributed by atoms with Gasteiger partial charge in [-0.1, -0.05) is 31.7 Å². The maximum Gasteiger partial charge on any atom is 0.298 e. The van der Waals surface area contributed by atoms with Crippen molar-refractivity contribution in [2.75, 3.05) is 13.2 Å². The van der Waals surface area contributed by atoms with Crippen molar-refractivity contribution in [1.82, 2.24) is 0 Å². The van der Waals surface area contributed by atoms with Gasteiger partial charge in [-0.25, -0.2) is 0 Å². The molecule has 2 aromatic rings. The molecule has 0 aliphatic heterocycles. The maximum absolute atomic E-state index is 12.6. The van der Waals surface area contributed by atoms with Crippen molar-refractivity contribution >= 4 is 12.3 Å². The van der Waals surface area contributed by atoms with Gasteiger partial charge in [0.2, 0.25) is 0 Å². The summed E-state index contributed by atoms with van der Waals surface area (Å²) in [6.45, 7) is 3.14. The van der Waals surface area contributed by atoms with Crippen molar-refractivity contribution in [2.24, 2.45) is 5.92 Å². The summed E-state index contributed by atoms with van der Waals surface area (Å²) in [5.74, 6) is 2.16. The number of carbonyl (C=O) groups excluding carboxylic acids is 2. The molecule has 6 nitrogen and oxygen atoms in total. The fourth-order valence-electron chi connectivity index (χ4n) is 3.92. The van der Waals surface area contributed by atoms with E-state index in [4.69, 9.17) is 14.2 Å². The first-order valence-electron chi connectivity index (χ1n) is 10.9. The third-order valence-electron chi connectivity index (χ3n) is 5.69. The fourth-order valence-corrected chi connectivity index (χ4v) is 3.92. The normalized spacial score (nSPS) is 13.7. The van der Waals surface area contributed by atoms with Crippen LogP contribution in [0.25, 0.3) is 0 Å². The van der Waals surface area contributed by atoms with Gasteiger partial charge in [-0.15, -0.1) is 0 Å². The molecule has 0 unspecified atom stereocenters. The third-order valence-corrected chi connectivity index (χ3v) is 5.69. The molecule has 0 radical (unpaired) electrons. The van der Waals surface area contributed by atoms with E-state index in [1.54, 1.807) is 43.3 Å². The second kappa shape index (κ2) is 11.4. The molecule has 31 heavy (non-hydrogen) atoms. The maximum atomic E-state index is 12.6. The number of Topliss-reactive ketones (excluding diaryl/α,β-unsaturated/α-hetero) is 1. The van der Waals surface area contributed by atoms with Crippen LogP contribution in [-0.4, -0.2) is 30.6 Å². The van der Waals surface area contributed by atoms with Crippen LogP contribution >= 0.6 is 0 Å². The zero-order valence-corrected chi connectivity index (χ0v) is 18.0. The molecule has 0 atom stereocenters. The van der Waals surface area contributed by atoms with E-state index in [1.165, 1.54) is 12.8 Å². The Morgan fingerprint density at radius 2 is 1.77 bits per heavy atom. The molecule has 1 aliphatic carbocycles. The van der Waals surface area contributed by atoms with Crippen molar-refractivity contribution in [2.45, 2.75) is 51.9 Å². The van der Waals surface area contributed by atoms with Crippen LogP contribution in [0.3, 0.4) is 0 Å². The minimum absolute atomic E-state index is 0.0128. The molecule has 0 saturated heterocycles. The number of ether oxygens (including phenoxy) is 3. The first kappa shape index (κ1) is 22.7. The van der Waals surface area contributed by atoms with E-state index in [9.17, 15) is 14.7 Å². The van der Waals surface area contributed by atoms with Gasteiger partial charge in [0.1, 0.15) is 23.0 Å². The second-order valence-corrected chi connectivity index (χ2v) is 7.96. The molecule has 166 valence electrons. The van der Waals surface area contributed by atoms with Crippen LogP contribution in [0, 0.1) is 12.8 Å². The predicted molar refractivity (Wildman–Crippen MR) is 117 cm³/mol. The van der Waals surface area contributed by atoms with Gasteiger partial charge < -0.3 is 19.3 Å². The molecule has 3 rings (SSSR count). The molecule has 0 bridgehead atoms. The molecule has 6 heteroatoms. The minimum atomic E-state index is 0.0128. The van der Waals surface area contributed by atoms with Crippen molar-refractivity contribution < 1.29 is 28.9 Å². The lowest BCUT2D eigenvalue weighted by atomic mass is 9.95. The summed E-state index contributed by atoms with van der Waals surface area (Å²) in [7, 11) is 0. The summed E-state index contributed by atoms with van der Waals surface area (Å²) in [5.41, 5.74) is 0.992. The lowest BCUT2D eigenvalue weighted by Crippen LogP contribution is -2.08. The molecule has 1 saturated carbocycles. The highest BCUT2D eigenvalue weighted by atomic mass is 16.5. The van der Waals surface area contributed by atoms with E-state index in [0.717, 1.165) is 25.7 Å². The summed E-state index contributed by atoms with van der Waals surface area (Å²) >= 11 is 0. The second-order valence-electron chi connectivity index (χ2n) is 7.96. The molecular formula is C25H30O6. The van der Waals surface area contributed by atoms with Crippen LogP contribution in [0.2, 0.25) is 0 Å². The van der Waals surface area contributed by atoms with Crippen LogP contribution in [0.5, 0.6) is 23.0 Å². The average Bonchev–Trinajstić information content (AvgIpc) is 3.27. The topological polar surface area (TPSA) is 82.1 Å². The number of hydrogen-bond donors (Lipinski definition) is 1. The summed E-state index contributed by atoms with van der Waals surface area (Å²) in [5, 5.41) is 10.5. The highest BCUT2D eigenvalue weighted by Crippen LogP contribution is 2.34. The number of unbranched alkanes of at least 4 members (excludes halogenated alkanes) is 1. The van der Waals surface area contributed by atoms with Gasteiger partial charge in [-0.2, -0.15) is 0 Å². The Kier molecular flexibility index (Phi) is 8.33. The molecular weight excluding hydrogens is 396 g/mol. The Morgan fingerprint density at radius 1 is 1.06 bits per heavy atom. The summed E-state index contributed by atoms with van der Waals surface area (Å²) in [6, 6.07) is 10.3. The fraction of sp³-hybridized carbons (Fsp3) is 0.440. The SMILES string of the molecule is Cc1c(OCCCCOc2cccc(OC=O)c2)ccc(C(=O)CC2CCCC2)c1O. The summed E-state index contributed by atoms with van der Waals surface area (Å²) < 4.78 is 16.3. The first-order valence-corrected chi connectivity index (χ1v) is 10.9. The van der Waals surface area contributed by atoms with Crippen LogP contribution in [0.1, 0.15) is 60.9 Å². The van der Waals surface area contributed by atoms with Gasteiger partial charge in [-0.05, 0) is 49.9 Å². The number of aromatic hydroxyl groups is 1. The molecule has 0 aromatic heterocycles. The number of hydrogen-bond acceptors (Lipinski definition) is 6. The Labute approximate surface area is 183 Å². The Bertz CT molecular complexity index is 886. The number of ketones is 1. The molecule has 1 aliphatic rings. The number of carbonyl (C=O) groups is 2. The number of phenolic OH excluding ortho intramolecular Hbond substituents is 1. The third kappa shape index (κ3) is 6.48. The van der Waals surface area contributed by atoms with Crippen molar-refractivity contribution in [3.63, 3.8) is 0 Å². The van der Waals surface area contributed by atoms with Crippen LogP contribution < -0.4 is 14.2 Å². The standard InChI is InChI=1S/C25H30O6/c1-18-24(12-11-22(25(18)28)23(27)15-19-7-2-3-8-19)30-14-5-4-13-29-20-9-6-10-21(16-20)31-17-26/h6,9-12,16-17,19,28H,2-5,7-8,13-15H2,1H3.